The molecule has 1 amide bonds. The van der Waals surface area contributed by atoms with E-state index in [2.05, 4.69) is 31.3 Å². The van der Waals surface area contributed by atoms with Crippen LogP contribution in [0, 0.1) is 0 Å². The molecule has 0 fully saturated rings. The van der Waals surface area contributed by atoms with Gasteiger partial charge in [-0.05, 0) is 12.1 Å². The van der Waals surface area contributed by atoms with Gasteiger partial charge >= 0.3 is 0 Å². The number of hydrogen-bond donors (Lipinski definition) is 3. The van der Waals surface area contributed by atoms with Crippen LogP contribution in [0.4, 0.5) is 5.69 Å². The highest BCUT2D eigenvalue weighted by atomic mass is 16.5. The standard InChI is InChI=1S/C11H12N6O2/c18-11(13-6-10-14-16-17-15-10)9-5-12-7-3-1-2-4-8(7)19-9/h1-4,9,12H,5-6H2,(H,13,18)(H,14,15,16,17). The van der Waals surface area contributed by atoms with Gasteiger partial charge in [0.25, 0.3) is 5.91 Å². The fraction of sp³-hybridized carbons (Fsp3) is 0.273. The van der Waals surface area contributed by atoms with Crippen LogP contribution in [0.25, 0.3) is 0 Å². The number of rotatable bonds is 3. The number of amides is 1. The van der Waals surface area contributed by atoms with Gasteiger partial charge in [-0.2, -0.15) is 5.21 Å². The smallest absolute Gasteiger partial charge is 0.263 e. The molecule has 3 N–H and O–H groups in total. The van der Waals surface area contributed by atoms with Crippen LogP contribution < -0.4 is 15.4 Å². The van der Waals surface area contributed by atoms with Crippen LogP contribution in [0.1, 0.15) is 5.82 Å². The molecule has 0 saturated heterocycles. The van der Waals surface area contributed by atoms with Crippen molar-refractivity contribution in [2.24, 2.45) is 0 Å². The van der Waals surface area contributed by atoms with Crippen molar-refractivity contribution in [2.45, 2.75) is 12.6 Å². The van der Waals surface area contributed by atoms with Crippen LogP contribution in [0.5, 0.6) is 5.75 Å². The number of anilines is 1. The Balaban J connectivity index is 1.60. The third-order valence-corrected chi connectivity index (χ3v) is 2.74. The number of aromatic amines is 1. The molecule has 0 bridgehead atoms. The molecule has 1 aliphatic heterocycles. The van der Waals surface area contributed by atoms with Crippen molar-refractivity contribution in [3.63, 3.8) is 0 Å². The van der Waals surface area contributed by atoms with Crippen LogP contribution in [-0.2, 0) is 11.3 Å². The molecule has 8 nitrogen and oxygen atoms in total. The Bertz CT molecular complexity index is 570. The summed E-state index contributed by atoms with van der Waals surface area (Å²) in [7, 11) is 0. The average Bonchev–Trinajstić information content (AvgIpc) is 2.97. The Labute approximate surface area is 108 Å². The lowest BCUT2D eigenvalue weighted by atomic mass is 10.2. The number of fused-ring (bicyclic) bond motifs is 1. The topological polar surface area (TPSA) is 105 Å². The summed E-state index contributed by atoms with van der Waals surface area (Å²) in [6.07, 6.45) is -0.568. The maximum Gasteiger partial charge on any atom is 0.263 e. The summed E-state index contributed by atoms with van der Waals surface area (Å²) in [5.41, 5.74) is 0.893. The lowest BCUT2D eigenvalue weighted by Crippen LogP contribution is -2.44. The van der Waals surface area contributed by atoms with E-state index in [9.17, 15) is 4.79 Å². The summed E-state index contributed by atoms with van der Waals surface area (Å²) in [6, 6.07) is 7.50. The Morgan fingerprint density at radius 1 is 1.47 bits per heavy atom. The van der Waals surface area contributed by atoms with Crippen LogP contribution >= 0.6 is 0 Å². The monoisotopic (exact) mass is 260 g/mol. The Morgan fingerprint density at radius 3 is 3.21 bits per heavy atom. The molecule has 1 aromatic heterocycles. The Kier molecular flexibility index (Phi) is 2.97. The van der Waals surface area contributed by atoms with Gasteiger partial charge in [-0.15, -0.1) is 10.2 Å². The Morgan fingerprint density at radius 2 is 2.37 bits per heavy atom. The summed E-state index contributed by atoms with van der Waals surface area (Å²) in [6.45, 7) is 0.645. The molecule has 2 aromatic rings. The average molecular weight is 260 g/mol. The van der Waals surface area contributed by atoms with E-state index in [1.54, 1.807) is 0 Å². The number of H-pyrrole nitrogens is 1. The van der Waals surface area contributed by atoms with Crippen molar-refractivity contribution in [3.8, 4) is 5.75 Å². The van der Waals surface area contributed by atoms with Crippen molar-refractivity contribution in [3.05, 3.63) is 30.1 Å². The lowest BCUT2D eigenvalue weighted by Gasteiger charge is -2.26. The second kappa shape index (κ2) is 4.92. The molecule has 19 heavy (non-hydrogen) atoms. The lowest BCUT2D eigenvalue weighted by molar-refractivity contribution is -0.127. The minimum atomic E-state index is -0.568. The van der Waals surface area contributed by atoms with Gasteiger partial charge in [0.05, 0.1) is 18.8 Å². The number of carbonyl (C=O) groups excluding carboxylic acids is 1. The van der Waals surface area contributed by atoms with Crippen molar-refractivity contribution in [2.75, 3.05) is 11.9 Å². The molecule has 98 valence electrons. The highest BCUT2D eigenvalue weighted by Crippen LogP contribution is 2.28. The van der Waals surface area contributed by atoms with Crippen molar-refractivity contribution < 1.29 is 9.53 Å². The second-order valence-corrected chi connectivity index (χ2v) is 4.03. The fourth-order valence-electron chi connectivity index (χ4n) is 1.80. The second-order valence-electron chi connectivity index (χ2n) is 4.03. The number of nitrogens with zero attached hydrogens (tertiary/aromatic N) is 3. The van der Waals surface area contributed by atoms with E-state index in [4.69, 9.17) is 4.74 Å². The number of para-hydroxylation sites is 2. The molecular weight excluding hydrogens is 248 g/mol. The molecule has 1 atom stereocenters. The highest BCUT2D eigenvalue weighted by Gasteiger charge is 2.25. The van der Waals surface area contributed by atoms with E-state index in [1.807, 2.05) is 24.3 Å². The van der Waals surface area contributed by atoms with Gasteiger partial charge in [-0.3, -0.25) is 4.79 Å². The molecule has 1 aromatic carbocycles. The van der Waals surface area contributed by atoms with Crippen LogP contribution in [0.3, 0.4) is 0 Å². The molecule has 2 heterocycles. The maximum atomic E-state index is 11.9. The van der Waals surface area contributed by atoms with Crippen LogP contribution in [0.15, 0.2) is 24.3 Å². The maximum absolute atomic E-state index is 11.9. The van der Waals surface area contributed by atoms with Crippen LogP contribution in [-0.4, -0.2) is 39.2 Å². The molecule has 1 aliphatic rings. The van der Waals surface area contributed by atoms with E-state index in [0.29, 0.717) is 18.1 Å². The molecule has 0 saturated carbocycles. The summed E-state index contributed by atoms with van der Waals surface area (Å²) >= 11 is 0. The first kappa shape index (κ1) is 11.5. The molecule has 0 radical (unpaired) electrons. The zero-order valence-electron chi connectivity index (χ0n) is 9.96. The molecule has 0 spiro atoms. The normalized spacial score (nSPS) is 16.9. The van der Waals surface area contributed by atoms with Gasteiger partial charge in [0, 0.05) is 0 Å². The number of benzene rings is 1. The molecule has 0 aliphatic carbocycles. The van der Waals surface area contributed by atoms with Gasteiger partial charge in [-0.1, -0.05) is 17.3 Å². The van der Waals surface area contributed by atoms with Crippen molar-refractivity contribution in [1.82, 2.24) is 25.9 Å². The van der Waals surface area contributed by atoms with E-state index in [0.717, 1.165) is 5.69 Å². The molecule has 8 heteroatoms. The van der Waals surface area contributed by atoms with Gasteiger partial charge < -0.3 is 15.4 Å². The largest absolute Gasteiger partial charge is 0.477 e. The first-order valence-electron chi connectivity index (χ1n) is 5.82. The third-order valence-electron chi connectivity index (χ3n) is 2.74. The molecule has 3 rings (SSSR count). The van der Waals surface area contributed by atoms with E-state index < -0.39 is 6.10 Å². The van der Waals surface area contributed by atoms with E-state index >= 15 is 0 Å². The van der Waals surface area contributed by atoms with Crippen LogP contribution in [0.2, 0.25) is 0 Å². The van der Waals surface area contributed by atoms with Gasteiger partial charge in [0.1, 0.15) is 5.75 Å². The number of carbonyl (C=O) groups is 1. The third kappa shape index (κ3) is 2.46. The van der Waals surface area contributed by atoms with Gasteiger partial charge in [0.15, 0.2) is 11.9 Å². The van der Waals surface area contributed by atoms with Crippen molar-refractivity contribution >= 4 is 11.6 Å². The zero-order chi connectivity index (χ0) is 13.1. The van der Waals surface area contributed by atoms with Gasteiger partial charge in [0.2, 0.25) is 0 Å². The number of nitrogens with one attached hydrogen (secondary N) is 3. The summed E-state index contributed by atoms with van der Waals surface area (Å²) < 4.78 is 5.62. The number of tetrazole rings is 1. The number of ether oxygens (including phenoxy) is 1. The Hall–Kier alpha value is -2.64. The summed E-state index contributed by atoms with van der Waals surface area (Å²) in [5.74, 6) is 0.887. The van der Waals surface area contributed by atoms with Crippen molar-refractivity contribution in [1.29, 1.82) is 0 Å². The first-order chi connectivity index (χ1) is 9.33. The number of hydrogen-bond acceptors (Lipinski definition) is 6. The quantitative estimate of drug-likeness (QED) is 0.699. The van der Waals surface area contributed by atoms with E-state index in [-0.39, 0.29) is 12.5 Å². The minimum absolute atomic E-state index is 0.216. The predicted molar refractivity (Wildman–Crippen MR) is 65.4 cm³/mol. The predicted octanol–water partition coefficient (Wildman–Crippen LogP) is -0.311. The molecular formula is C11H12N6O2. The zero-order valence-corrected chi connectivity index (χ0v) is 9.96. The summed E-state index contributed by atoms with van der Waals surface area (Å²) in [4.78, 5) is 11.9. The SMILES string of the molecule is O=C(NCc1nn[nH]n1)C1CNc2ccccc2O1. The molecule has 1 unspecified atom stereocenters. The summed E-state index contributed by atoms with van der Waals surface area (Å²) in [5, 5.41) is 19.1. The first-order valence-corrected chi connectivity index (χ1v) is 5.82. The van der Waals surface area contributed by atoms with E-state index in [1.165, 1.54) is 0 Å². The van der Waals surface area contributed by atoms with Gasteiger partial charge in [-0.25, -0.2) is 0 Å². The highest BCUT2D eigenvalue weighted by molar-refractivity contribution is 5.82. The minimum Gasteiger partial charge on any atom is -0.477 e. The fourth-order valence-corrected chi connectivity index (χ4v) is 1.80. The number of aromatic nitrogens is 4.